The van der Waals surface area contributed by atoms with Crippen LogP contribution >= 0.6 is 0 Å². The zero-order chi connectivity index (χ0) is 11.3. The molecule has 0 aromatic carbocycles. The summed E-state index contributed by atoms with van der Waals surface area (Å²) in [6, 6.07) is -0.646. The lowest BCUT2D eigenvalue weighted by molar-refractivity contribution is -0.219. The van der Waals surface area contributed by atoms with Crippen LogP contribution < -0.4 is 16.4 Å². The standard InChI is InChI=1S/C8H13N3O4/c1-2-7(13)11-8(9)6(10-4-12)3-14-5-15-8/h2,4,6H,1,3,5,9H2,(H,10,12)(H,11,13). The van der Waals surface area contributed by atoms with Gasteiger partial charge in [-0.1, -0.05) is 6.58 Å². The molecule has 0 aliphatic carbocycles. The number of ether oxygens (including phenoxy) is 2. The van der Waals surface area contributed by atoms with Gasteiger partial charge in [0.05, 0.1) is 6.61 Å². The zero-order valence-electron chi connectivity index (χ0n) is 8.06. The minimum absolute atomic E-state index is 0.0506. The number of nitrogens with one attached hydrogen (secondary N) is 2. The van der Waals surface area contributed by atoms with Gasteiger partial charge in [-0.05, 0) is 6.08 Å². The predicted octanol–water partition coefficient (Wildman–Crippen LogP) is -1.98. The Hall–Kier alpha value is -1.44. The second kappa shape index (κ2) is 4.87. The number of rotatable bonds is 4. The van der Waals surface area contributed by atoms with Crippen molar-refractivity contribution in [1.29, 1.82) is 0 Å². The average Bonchev–Trinajstić information content (AvgIpc) is 2.21. The van der Waals surface area contributed by atoms with Crippen LogP contribution in [0.1, 0.15) is 0 Å². The maximum Gasteiger partial charge on any atom is 0.246 e. The topological polar surface area (TPSA) is 103 Å². The van der Waals surface area contributed by atoms with Crippen LogP contribution in [-0.2, 0) is 19.1 Å². The summed E-state index contributed by atoms with van der Waals surface area (Å²) in [4.78, 5) is 21.4. The highest BCUT2D eigenvalue weighted by molar-refractivity contribution is 5.87. The Morgan fingerprint density at radius 2 is 2.40 bits per heavy atom. The van der Waals surface area contributed by atoms with E-state index in [-0.39, 0.29) is 13.4 Å². The molecule has 0 aromatic rings. The monoisotopic (exact) mass is 215 g/mol. The first-order valence-electron chi connectivity index (χ1n) is 4.27. The van der Waals surface area contributed by atoms with Crippen molar-refractivity contribution in [2.24, 2.45) is 5.73 Å². The van der Waals surface area contributed by atoms with Gasteiger partial charge in [-0.25, -0.2) is 0 Å². The van der Waals surface area contributed by atoms with Gasteiger partial charge in [0, 0.05) is 0 Å². The van der Waals surface area contributed by atoms with Crippen molar-refractivity contribution in [2.75, 3.05) is 13.4 Å². The molecule has 0 bridgehead atoms. The third-order valence-electron chi connectivity index (χ3n) is 1.96. The van der Waals surface area contributed by atoms with Crippen molar-refractivity contribution in [1.82, 2.24) is 10.6 Å². The van der Waals surface area contributed by atoms with Gasteiger partial charge >= 0.3 is 0 Å². The Morgan fingerprint density at radius 3 is 3.00 bits per heavy atom. The van der Waals surface area contributed by atoms with Gasteiger partial charge in [0.15, 0.2) is 6.79 Å². The summed E-state index contributed by atoms with van der Waals surface area (Å²) >= 11 is 0. The number of nitrogens with two attached hydrogens (primary N) is 1. The van der Waals surface area contributed by atoms with Crippen LogP contribution in [0.3, 0.4) is 0 Å². The molecule has 0 aromatic heterocycles. The van der Waals surface area contributed by atoms with Crippen molar-refractivity contribution in [3.8, 4) is 0 Å². The fourth-order valence-corrected chi connectivity index (χ4v) is 1.15. The van der Waals surface area contributed by atoms with Crippen molar-refractivity contribution in [2.45, 2.75) is 11.9 Å². The largest absolute Gasteiger partial charge is 0.353 e. The Labute approximate surface area is 86.6 Å². The smallest absolute Gasteiger partial charge is 0.246 e. The SMILES string of the molecule is C=CC(=O)NC1(N)OCOCC1NC=O. The van der Waals surface area contributed by atoms with E-state index in [1.54, 1.807) is 0 Å². The van der Waals surface area contributed by atoms with Crippen molar-refractivity contribution in [3.05, 3.63) is 12.7 Å². The molecule has 84 valence electrons. The summed E-state index contributed by atoms with van der Waals surface area (Å²) in [6.45, 7) is 3.39. The highest BCUT2D eigenvalue weighted by Crippen LogP contribution is 2.12. The Kier molecular flexibility index (Phi) is 3.78. The molecule has 1 fully saturated rings. The predicted molar refractivity (Wildman–Crippen MR) is 50.1 cm³/mol. The fraction of sp³-hybridized carbons (Fsp3) is 0.500. The average molecular weight is 215 g/mol. The first-order chi connectivity index (χ1) is 7.12. The molecule has 0 saturated carbocycles. The van der Waals surface area contributed by atoms with E-state index in [0.29, 0.717) is 6.41 Å². The van der Waals surface area contributed by atoms with E-state index < -0.39 is 17.8 Å². The molecule has 1 heterocycles. The molecular formula is C8H13N3O4. The number of carbonyl (C=O) groups is 2. The molecule has 1 aliphatic rings. The number of hydrogen-bond donors (Lipinski definition) is 3. The summed E-state index contributed by atoms with van der Waals surface area (Å²) in [5.41, 5.74) is 5.76. The molecule has 1 saturated heterocycles. The van der Waals surface area contributed by atoms with Gasteiger partial charge in [0.25, 0.3) is 0 Å². The normalized spacial score (nSPS) is 30.3. The van der Waals surface area contributed by atoms with E-state index in [0.717, 1.165) is 6.08 Å². The van der Waals surface area contributed by atoms with E-state index in [9.17, 15) is 9.59 Å². The van der Waals surface area contributed by atoms with Crippen LogP contribution in [-0.4, -0.2) is 37.6 Å². The summed E-state index contributed by atoms with van der Waals surface area (Å²) in [6.07, 6.45) is 1.52. The van der Waals surface area contributed by atoms with Crippen LogP contribution in [0.2, 0.25) is 0 Å². The molecule has 2 unspecified atom stereocenters. The fourth-order valence-electron chi connectivity index (χ4n) is 1.15. The number of hydrogen-bond acceptors (Lipinski definition) is 5. The molecule has 1 rings (SSSR count). The van der Waals surface area contributed by atoms with E-state index in [4.69, 9.17) is 15.2 Å². The second-order valence-electron chi connectivity index (χ2n) is 2.96. The van der Waals surface area contributed by atoms with E-state index >= 15 is 0 Å². The quantitative estimate of drug-likeness (QED) is 0.286. The highest BCUT2D eigenvalue weighted by atomic mass is 16.7. The van der Waals surface area contributed by atoms with Gasteiger partial charge in [0.1, 0.15) is 6.04 Å². The molecule has 2 atom stereocenters. The van der Waals surface area contributed by atoms with Crippen LogP contribution in [0.4, 0.5) is 0 Å². The molecule has 7 nitrogen and oxygen atoms in total. The van der Waals surface area contributed by atoms with E-state index in [2.05, 4.69) is 17.2 Å². The lowest BCUT2D eigenvalue weighted by Crippen LogP contribution is -2.71. The van der Waals surface area contributed by atoms with Crippen molar-refractivity contribution >= 4 is 12.3 Å². The third kappa shape index (κ3) is 2.75. The van der Waals surface area contributed by atoms with Gasteiger partial charge < -0.3 is 20.1 Å². The summed E-state index contributed by atoms with van der Waals surface area (Å²) in [5.74, 6) is -1.96. The maximum absolute atomic E-state index is 11.1. The maximum atomic E-state index is 11.1. The molecule has 2 amide bonds. The summed E-state index contributed by atoms with van der Waals surface area (Å²) in [5, 5.41) is 4.78. The van der Waals surface area contributed by atoms with Gasteiger partial charge in [-0.3, -0.25) is 15.3 Å². The van der Waals surface area contributed by atoms with Crippen LogP contribution in [0.15, 0.2) is 12.7 Å². The Balaban J connectivity index is 2.70. The van der Waals surface area contributed by atoms with Gasteiger partial charge in [-0.2, -0.15) is 0 Å². The van der Waals surface area contributed by atoms with Gasteiger partial charge in [0.2, 0.25) is 18.2 Å². The lowest BCUT2D eigenvalue weighted by atomic mass is 10.2. The van der Waals surface area contributed by atoms with Crippen LogP contribution in [0, 0.1) is 0 Å². The van der Waals surface area contributed by atoms with Crippen LogP contribution in [0.5, 0.6) is 0 Å². The van der Waals surface area contributed by atoms with Gasteiger partial charge in [-0.15, -0.1) is 0 Å². The summed E-state index contributed by atoms with van der Waals surface area (Å²) in [7, 11) is 0. The van der Waals surface area contributed by atoms with Crippen molar-refractivity contribution in [3.63, 3.8) is 0 Å². The first-order valence-corrected chi connectivity index (χ1v) is 4.27. The molecule has 4 N–H and O–H groups in total. The zero-order valence-corrected chi connectivity index (χ0v) is 8.06. The minimum Gasteiger partial charge on any atom is -0.353 e. The summed E-state index contributed by atoms with van der Waals surface area (Å²) < 4.78 is 10.0. The third-order valence-corrected chi connectivity index (χ3v) is 1.96. The number of carbonyl (C=O) groups excluding carboxylic acids is 2. The Bertz CT molecular complexity index is 271. The molecule has 7 heteroatoms. The molecule has 15 heavy (non-hydrogen) atoms. The van der Waals surface area contributed by atoms with Crippen molar-refractivity contribution < 1.29 is 19.1 Å². The highest BCUT2D eigenvalue weighted by Gasteiger charge is 2.40. The van der Waals surface area contributed by atoms with E-state index in [1.807, 2.05) is 0 Å². The van der Waals surface area contributed by atoms with E-state index in [1.165, 1.54) is 0 Å². The molecule has 0 spiro atoms. The first kappa shape index (κ1) is 11.6. The second-order valence-corrected chi connectivity index (χ2v) is 2.96. The Morgan fingerprint density at radius 1 is 1.67 bits per heavy atom. The number of amides is 2. The molecule has 1 aliphatic heterocycles. The molecule has 0 radical (unpaired) electrons. The molecular weight excluding hydrogens is 202 g/mol. The van der Waals surface area contributed by atoms with Crippen LogP contribution in [0.25, 0.3) is 0 Å². The lowest BCUT2D eigenvalue weighted by Gasteiger charge is -2.39. The minimum atomic E-state index is -1.47.